The van der Waals surface area contributed by atoms with Crippen LogP contribution in [0.1, 0.15) is 46.1 Å². The standard InChI is InChI=1S/C17H27ClN2/c1-12(2)19-10-15-7-8-16(9-17(15)18)20-11-13(3)5-6-14(20)4/h7-9,12-14,19H,5-6,10-11H2,1-4H3. The van der Waals surface area contributed by atoms with Crippen molar-refractivity contribution in [3.8, 4) is 0 Å². The van der Waals surface area contributed by atoms with Gasteiger partial charge in [-0.15, -0.1) is 0 Å². The molecule has 2 atom stereocenters. The summed E-state index contributed by atoms with van der Waals surface area (Å²) >= 11 is 6.45. The lowest BCUT2D eigenvalue weighted by Gasteiger charge is -2.38. The van der Waals surface area contributed by atoms with Crippen molar-refractivity contribution < 1.29 is 0 Å². The van der Waals surface area contributed by atoms with E-state index >= 15 is 0 Å². The van der Waals surface area contributed by atoms with Crippen molar-refractivity contribution in [3.63, 3.8) is 0 Å². The highest BCUT2D eigenvalue weighted by atomic mass is 35.5. The van der Waals surface area contributed by atoms with Crippen LogP contribution in [0.3, 0.4) is 0 Å². The summed E-state index contributed by atoms with van der Waals surface area (Å²) in [7, 11) is 0. The van der Waals surface area contributed by atoms with E-state index in [9.17, 15) is 0 Å². The van der Waals surface area contributed by atoms with E-state index in [1.54, 1.807) is 0 Å². The van der Waals surface area contributed by atoms with Gasteiger partial charge in [0.05, 0.1) is 0 Å². The molecule has 0 amide bonds. The minimum absolute atomic E-state index is 0.480. The molecule has 1 aromatic rings. The summed E-state index contributed by atoms with van der Waals surface area (Å²) in [6.07, 6.45) is 2.61. The SMILES string of the molecule is CC1CCC(C)N(c2ccc(CNC(C)C)c(Cl)c2)C1. The van der Waals surface area contributed by atoms with E-state index in [1.807, 2.05) is 0 Å². The fourth-order valence-electron chi connectivity index (χ4n) is 2.82. The molecule has 0 bridgehead atoms. The number of benzene rings is 1. The molecule has 0 spiro atoms. The Morgan fingerprint density at radius 3 is 2.70 bits per heavy atom. The zero-order valence-electron chi connectivity index (χ0n) is 13.1. The van der Waals surface area contributed by atoms with E-state index < -0.39 is 0 Å². The second-order valence-corrected chi connectivity index (χ2v) is 6.90. The van der Waals surface area contributed by atoms with Crippen molar-refractivity contribution in [2.24, 2.45) is 5.92 Å². The van der Waals surface area contributed by atoms with Gasteiger partial charge >= 0.3 is 0 Å². The Hall–Kier alpha value is -0.730. The monoisotopic (exact) mass is 294 g/mol. The number of nitrogens with one attached hydrogen (secondary N) is 1. The summed E-state index contributed by atoms with van der Waals surface area (Å²) in [6, 6.07) is 7.61. The van der Waals surface area contributed by atoms with Crippen LogP contribution >= 0.6 is 11.6 Å². The zero-order chi connectivity index (χ0) is 14.7. The van der Waals surface area contributed by atoms with E-state index in [2.05, 4.69) is 56.1 Å². The largest absolute Gasteiger partial charge is 0.369 e. The molecule has 1 N–H and O–H groups in total. The highest BCUT2D eigenvalue weighted by Gasteiger charge is 2.23. The molecule has 1 saturated heterocycles. The second-order valence-electron chi connectivity index (χ2n) is 6.50. The number of hydrogen-bond acceptors (Lipinski definition) is 2. The number of hydrogen-bond donors (Lipinski definition) is 1. The van der Waals surface area contributed by atoms with Crippen molar-refractivity contribution in [2.45, 2.75) is 59.2 Å². The van der Waals surface area contributed by atoms with Crippen LogP contribution < -0.4 is 10.2 Å². The van der Waals surface area contributed by atoms with Crippen molar-refractivity contribution in [1.82, 2.24) is 5.32 Å². The van der Waals surface area contributed by atoms with Crippen LogP contribution in [-0.2, 0) is 6.54 Å². The van der Waals surface area contributed by atoms with Crippen LogP contribution in [0, 0.1) is 5.92 Å². The van der Waals surface area contributed by atoms with E-state index in [4.69, 9.17) is 11.6 Å². The minimum atomic E-state index is 0.480. The lowest BCUT2D eigenvalue weighted by molar-refractivity contribution is 0.390. The molecule has 1 aliphatic rings. The van der Waals surface area contributed by atoms with Gasteiger partial charge in [-0.05, 0) is 43.4 Å². The molecule has 2 nitrogen and oxygen atoms in total. The Kier molecular flexibility index (Phi) is 5.34. The average Bonchev–Trinajstić information content (AvgIpc) is 2.40. The molecule has 2 rings (SSSR count). The molecule has 0 aromatic heterocycles. The first-order chi connectivity index (χ1) is 9.47. The first-order valence-electron chi connectivity index (χ1n) is 7.75. The van der Waals surface area contributed by atoms with Gasteiger partial charge in [0.25, 0.3) is 0 Å². The second kappa shape index (κ2) is 6.82. The lowest BCUT2D eigenvalue weighted by atomic mass is 9.94. The Morgan fingerprint density at radius 2 is 2.05 bits per heavy atom. The third-order valence-electron chi connectivity index (χ3n) is 4.19. The molecular weight excluding hydrogens is 268 g/mol. The normalized spacial score (nSPS) is 23.4. The van der Waals surface area contributed by atoms with Crippen molar-refractivity contribution >= 4 is 17.3 Å². The molecule has 1 aromatic carbocycles. The highest BCUT2D eigenvalue weighted by Crippen LogP contribution is 2.30. The molecule has 0 radical (unpaired) electrons. The Morgan fingerprint density at radius 1 is 1.30 bits per heavy atom. The van der Waals surface area contributed by atoms with Crippen LogP contribution in [0.5, 0.6) is 0 Å². The topological polar surface area (TPSA) is 15.3 Å². The minimum Gasteiger partial charge on any atom is -0.369 e. The molecule has 1 heterocycles. The smallest absolute Gasteiger partial charge is 0.0471 e. The maximum Gasteiger partial charge on any atom is 0.0471 e. The van der Waals surface area contributed by atoms with Gasteiger partial charge in [-0.2, -0.15) is 0 Å². The van der Waals surface area contributed by atoms with E-state index in [0.29, 0.717) is 12.1 Å². The van der Waals surface area contributed by atoms with Crippen LogP contribution in [-0.4, -0.2) is 18.6 Å². The Balaban J connectivity index is 2.11. The molecule has 112 valence electrons. The van der Waals surface area contributed by atoms with Gasteiger partial charge in [0.2, 0.25) is 0 Å². The first kappa shape index (κ1) is 15.7. The number of piperidine rings is 1. The third-order valence-corrected chi connectivity index (χ3v) is 4.54. The molecule has 0 aliphatic carbocycles. The quantitative estimate of drug-likeness (QED) is 0.882. The molecule has 3 heteroatoms. The highest BCUT2D eigenvalue weighted by molar-refractivity contribution is 6.31. The maximum absolute atomic E-state index is 6.45. The predicted molar refractivity (Wildman–Crippen MR) is 88.6 cm³/mol. The molecular formula is C17H27ClN2. The van der Waals surface area contributed by atoms with Crippen LogP contribution in [0.2, 0.25) is 5.02 Å². The average molecular weight is 295 g/mol. The van der Waals surface area contributed by atoms with Gasteiger partial charge in [0, 0.05) is 35.9 Å². The van der Waals surface area contributed by atoms with Crippen molar-refractivity contribution in [2.75, 3.05) is 11.4 Å². The lowest BCUT2D eigenvalue weighted by Crippen LogP contribution is -2.41. The van der Waals surface area contributed by atoms with Crippen LogP contribution in [0.25, 0.3) is 0 Å². The summed E-state index contributed by atoms with van der Waals surface area (Å²) < 4.78 is 0. The van der Waals surface area contributed by atoms with Gasteiger partial charge in [-0.25, -0.2) is 0 Å². The number of rotatable bonds is 4. The summed E-state index contributed by atoms with van der Waals surface area (Å²) in [6.45, 7) is 10.9. The molecule has 2 unspecified atom stereocenters. The van der Waals surface area contributed by atoms with Gasteiger partial charge in [-0.3, -0.25) is 0 Å². The number of halogens is 1. The van der Waals surface area contributed by atoms with Crippen molar-refractivity contribution in [1.29, 1.82) is 0 Å². The molecule has 20 heavy (non-hydrogen) atoms. The van der Waals surface area contributed by atoms with Gasteiger partial charge in [0.1, 0.15) is 0 Å². The fourth-order valence-corrected chi connectivity index (χ4v) is 3.06. The summed E-state index contributed by atoms with van der Waals surface area (Å²) in [5.41, 5.74) is 2.45. The van der Waals surface area contributed by atoms with Crippen molar-refractivity contribution in [3.05, 3.63) is 28.8 Å². The summed E-state index contributed by atoms with van der Waals surface area (Å²) in [5, 5.41) is 4.30. The van der Waals surface area contributed by atoms with Crippen LogP contribution in [0.15, 0.2) is 18.2 Å². The Labute approximate surface area is 128 Å². The summed E-state index contributed by atoms with van der Waals surface area (Å²) in [4.78, 5) is 2.50. The maximum atomic E-state index is 6.45. The molecule has 1 aliphatic heterocycles. The van der Waals surface area contributed by atoms with E-state index in [0.717, 1.165) is 24.0 Å². The third kappa shape index (κ3) is 3.89. The van der Waals surface area contributed by atoms with E-state index in [-0.39, 0.29) is 0 Å². The zero-order valence-corrected chi connectivity index (χ0v) is 13.9. The Bertz CT molecular complexity index is 445. The van der Waals surface area contributed by atoms with Gasteiger partial charge in [0.15, 0.2) is 0 Å². The van der Waals surface area contributed by atoms with E-state index in [1.165, 1.54) is 24.1 Å². The number of anilines is 1. The van der Waals surface area contributed by atoms with Gasteiger partial charge < -0.3 is 10.2 Å². The summed E-state index contributed by atoms with van der Waals surface area (Å²) in [5.74, 6) is 0.771. The fraction of sp³-hybridized carbons (Fsp3) is 0.647. The number of nitrogens with zero attached hydrogens (tertiary/aromatic N) is 1. The molecule has 1 fully saturated rings. The van der Waals surface area contributed by atoms with Gasteiger partial charge in [-0.1, -0.05) is 38.4 Å². The molecule has 0 saturated carbocycles. The first-order valence-corrected chi connectivity index (χ1v) is 8.13. The predicted octanol–water partition coefficient (Wildman–Crippen LogP) is 4.46. The van der Waals surface area contributed by atoms with Crippen LogP contribution in [0.4, 0.5) is 5.69 Å².